The fourth-order valence-electron chi connectivity index (χ4n) is 1.28. The van der Waals surface area contributed by atoms with Crippen molar-refractivity contribution in [2.45, 2.75) is 25.8 Å². The van der Waals surface area contributed by atoms with Gasteiger partial charge in [-0.05, 0) is 19.4 Å². The van der Waals surface area contributed by atoms with Gasteiger partial charge in [0.2, 0.25) is 11.8 Å². The quantitative estimate of drug-likeness (QED) is 0.377. The summed E-state index contributed by atoms with van der Waals surface area (Å²) >= 11 is 0. The molecule has 0 aliphatic rings. The molecule has 0 heterocycles. The minimum absolute atomic E-state index is 0.0891. The number of esters is 1. The molecular formula is C13H20N2O4. The highest BCUT2D eigenvalue weighted by molar-refractivity contribution is 5.93. The predicted octanol–water partition coefficient (Wildman–Crippen LogP) is 0.303. The second-order valence-corrected chi connectivity index (χ2v) is 3.70. The smallest absolute Gasteiger partial charge is 0.307 e. The fourth-order valence-corrected chi connectivity index (χ4v) is 1.28. The van der Waals surface area contributed by atoms with E-state index in [1.54, 1.807) is 19.1 Å². The molecule has 0 aliphatic carbocycles. The number of ether oxygens (including phenoxy) is 1. The number of allylic oxidation sites excluding steroid dienone is 1. The Kier molecular flexibility index (Phi) is 8.78. The molecular weight excluding hydrogens is 248 g/mol. The summed E-state index contributed by atoms with van der Waals surface area (Å²) in [6, 6.07) is -0.696. The average Bonchev–Trinajstić information content (AvgIpc) is 2.38. The maximum Gasteiger partial charge on any atom is 0.307 e. The molecule has 0 aliphatic heterocycles. The van der Waals surface area contributed by atoms with E-state index in [2.05, 4.69) is 21.9 Å². The Balaban J connectivity index is 4.28. The number of amides is 2. The Morgan fingerprint density at radius 3 is 2.58 bits per heavy atom. The summed E-state index contributed by atoms with van der Waals surface area (Å²) in [5.74, 6) is -1.11. The Labute approximate surface area is 112 Å². The van der Waals surface area contributed by atoms with Crippen molar-refractivity contribution in [3.63, 3.8) is 0 Å². The predicted molar refractivity (Wildman–Crippen MR) is 71.2 cm³/mol. The van der Waals surface area contributed by atoms with Crippen molar-refractivity contribution in [1.29, 1.82) is 0 Å². The zero-order valence-electron chi connectivity index (χ0n) is 11.3. The molecule has 0 aromatic carbocycles. The molecule has 0 spiro atoms. The molecule has 0 saturated heterocycles. The van der Waals surface area contributed by atoms with Crippen molar-refractivity contribution in [1.82, 2.24) is 10.6 Å². The Morgan fingerprint density at radius 1 is 1.37 bits per heavy atom. The fraction of sp³-hybridized carbons (Fsp3) is 0.462. The third kappa shape index (κ3) is 7.75. The SMILES string of the molecule is C=CCC(NC(=O)/C=C/C)C(=O)NCCC(=O)OC. The van der Waals surface area contributed by atoms with Crippen LogP contribution in [-0.4, -0.2) is 37.5 Å². The second-order valence-electron chi connectivity index (χ2n) is 3.70. The van der Waals surface area contributed by atoms with Crippen LogP contribution in [0.3, 0.4) is 0 Å². The van der Waals surface area contributed by atoms with Crippen molar-refractivity contribution in [2.75, 3.05) is 13.7 Å². The Bertz CT molecular complexity index is 364. The van der Waals surface area contributed by atoms with Crippen molar-refractivity contribution in [3.8, 4) is 0 Å². The van der Waals surface area contributed by atoms with E-state index in [1.807, 2.05) is 0 Å². The summed E-state index contributed by atoms with van der Waals surface area (Å²) in [4.78, 5) is 34.1. The van der Waals surface area contributed by atoms with Crippen LogP contribution in [0.4, 0.5) is 0 Å². The van der Waals surface area contributed by atoms with Crippen LogP contribution in [0.25, 0.3) is 0 Å². The standard InChI is InChI=1S/C13H20N2O4/c1-4-6-10(15-11(16)7-5-2)13(18)14-9-8-12(17)19-3/h4-5,7,10H,1,6,8-9H2,2-3H3,(H,14,18)(H,15,16)/b7-5+. The topological polar surface area (TPSA) is 84.5 Å². The number of hydrogen-bond acceptors (Lipinski definition) is 4. The number of rotatable bonds is 8. The maximum atomic E-state index is 11.8. The molecule has 0 rings (SSSR count). The molecule has 19 heavy (non-hydrogen) atoms. The van der Waals surface area contributed by atoms with E-state index in [1.165, 1.54) is 13.2 Å². The second kappa shape index (κ2) is 9.87. The van der Waals surface area contributed by atoms with Crippen LogP contribution in [0.2, 0.25) is 0 Å². The van der Waals surface area contributed by atoms with Crippen LogP contribution in [0.15, 0.2) is 24.8 Å². The highest BCUT2D eigenvalue weighted by atomic mass is 16.5. The van der Waals surface area contributed by atoms with Gasteiger partial charge in [-0.1, -0.05) is 12.2 Å². The van der Waals surface area contributed by atoms with Crippen molar-refractivity contribution in [2.24, 2.45) is 0 Å². The normalized spacial score (nSPS) is 11.7. The van der Waals surface area contributed by atoms with E-state index >= 15 is 0 Å². The van der Waals surface area contributed by atoms with Crippen LogP contribution < -0.4 is 10.6 Å². The van der Waals surface area contributed by atoms with Gasteiger partial charge in [-0.3, -0.25) is 14.4 Å². The largest absolute Gasteiger partial charge is 0.469 e. The number of methoxy groups -OCH3 is 1. The van der Waals surface area contributed by atoms with E-state index < -0.39 is 12.0 Å². The summed E-state index contributed by atoms with van der Waals surface area (Å²) < 4.78 is 4.45. The molecule has 6 nitrogen and oxygen atoms in total. The number of nitrogens with one attached hydrogen (secondary N) is 2. The highest BCUT2D eigenvalue weighted by Crippen LogP contribution is 1.94. The molecule has 106 valence electrons. The van der Waals surface area contributed by atoms with Gasteiger partial charge in [0.25, 0.3) is 0 Å². The van der Waals surface area contributed by atoms with Gasteiger partial charge in [-0.15, -0.1) is 6.58 Å². The van der Waals surface area contributed by atoms with Gasteiger partial charge < -0.3 is 15.4 Å². The molecule has 0 aromatic rings. The molecule has 0 aromatic heterocycles. The van der Waals surface area contributed by atoms with E-state index in [0.29, 0.717) is 6.42 Å². The van der Waals surface area contributed by atoms with Gasteiger partial charge in [0, 0.05) is 6.54 Å². The van der Waals surface area contributed by atoms with Crippen LogP contribution in [0.1, 0.15) is 19.8 Å². The lowest BCUT2D eigenvalue weighted by atomic mass is 10.2. The van der Waals surface area contributed by atoms with E-state index in [0.717, 1.165) is 0 Å². The molecule has 2 N–H and O–H groups in total. The zero-order valence-corrected chi connectivity index (χ0v) is 11.3. The third-order valence-corrected chi connectivity index (χ3v) is 2.21. The molecule has 0 saturated carbocycles. The lowest BCUT2D eigenvalue weighted by Crippen LogP contribution is -2.46. The van der Waals surface area contributed by atoms with Crippen molar-refractivity contribution in [3.05, 3.63) is 24.8 Å². The highest BCUT2D eigenvalue weighted by Gasteiger charge is 2.18. The van der Waals surface area contributed by atoms with Crippen molar-refractivity contribution >= 4 is 17.8 Å². The van der Waals surface area contributed by atoms with Crippen LogP contribution in [0.5, 0.6) is 0 Å². The monoisotopic (exact) mass is 268 g/mol. The maximum absolute atomic E-state index is 11.8. The molecule has 2 amide bonds. The summed E-state index contributed by atoms with van der Waals surface area (Å²) in [6.45, 7) is 5.41. The lowest BCUT2D eigenvalue weighted by molar-refractivity contribution is -0.140. The molecule has 1 unspecified atom stereocenters. The van der Waals surface area contributed by atoms with E-state index in [4.69, 9.17) is 0 Å². The van der Waals surface area contributed by atoms with Gasteiger partial charge in [0.05, 0.1) is 13.5 Å². The van der Waals surface area contributed by atoms with Gasteiger partial charge >= 0.3 is 5.97 Å². The molecule has 0 bridgehead atoms. The number of carbonyl (C=O) groups excluding carboxylic acids is 3. The van der Waals surface area contributed by atoms with Gasteiger partial charge in [0.15, 0.2) is 0 Å². The first-order chi connectivity index (χ1) is 9.04. The Morgan fingerprint density at radius 2 is 2.05 bits per heavy atom. The van der Waals surface area contributed by atoms with Crippen molar-refractivity contribution < 1.29 is 19.1 Å². The minimum atomic E-state index is -0.696. The number of carbonyl (C=O) groups is 3. The first-order valence-corrected chi connectivity index (χ1v) is 5.93. The van der Waals surface area contributed by atoms with Gasteiger partial charge in [-0.2, -0.15) is 0 Å². The molecule has 6 heteroatoms. The molecule has 0 fully saturated rings. The first kappa shape index (κ1) is 16.9. The zero-order chi connectivity index (χ0) is 14.7. The minimum Gasteiger partial charge on any atom is -0.469 e. The number of hydrogen-bond donors (Lipinski definition) is 2. The first-order valence-electron chi connectivity index (χ1n) is 5.93. The van der Waals surface area contributed by atoms with Gasteiger partial charge in [-0.25, -0.2) is 0 Å². The summed E-state index contributed by atoms with van der Waals surface area (Å²) in [5, 5.41) is 5.10. The van der Waals surface area contributed by atoms with E-state index in [-0.39, 0.29) is 24.8 Å². The van der Waals surface area contributed by atoms with Crippen LogP contribution >= 0.6 is 0 Å². The Hall–Kier alpha value is -2.11. The average molecular weight is 268 g/mol. The summed E-state index contributed by atoms with van der Waals surface area (Å²) in [7, 11) is 1.28. The molecule has 0 radical (unpaired) electrons. The molecule has 1 atom stereocenters. The van der Waals surface area contributed by atoms with Crippen LogP contribution in [0, 0.1) is 0 Å². The lowest BCUT2D eigenvalue weighted by Gasteiger charge is -2.15. The van der Waals surface area contributed by atoms with Crippen LogP contribution in [-0.2, 0) is 19.1 Å². The van der Waals surface area contributed by atoms with E-state index in [9.17, 15) is 14.4 Å². The third-order valence-electron chi connectivity index (χ3n) is 2.21. The van der Waals surface area contributed by atoms with Gasteiger partial charge in [0.1, 0.15) is 6.04 Å². The summed E-state index contributed by atoms with van der Waals surface area (Å²) in [5.41, 5.74) is 0. The summed E-state index contributed by atoms with van der Waals surface area (Å²) in [6.07, 6.45) is 4.85.